The zero-order chi connectivity index (χ0) is 18.8. The van der Waals surface area contributed by atoms with E-state index in [0.29, 0.717) is 19.6 Å². The Morgan fingerprint density at radius 2 is 2.07 bits per heavy atom. The first-order valence-corrected chi connectivity index (χ1v) is 9.66. The van der Waals surface area contributed by atoms with Crippen molar-refractivity contribution in [3.8, 4) is 5.75 Å². The minimum absolute atomic E-state index is 0.0235. The molecule has 1 N–H and O–H groups in total. The Balaban J connectivity index is 1.25. The van der Waals surface area contributed by atoms with Crippen molar-refractivity contribution in [3.63, 3.8) is 0 Å². The molecule has 0 saturated carbocycles. The van der Waals surface area contributed by atoms with Crippen molar-refractivity contribution in [2.75, 3.05) is 31.6 Å². The molecule has 0 aliphatic carbocycles. The number of ether oxygens (including phenoxy) is 1. The second-order valence-electron chi connectivity index (χ2n) is 6.60. The first-order chi connectivity index (χ1) is 13.1. The summed E-state index contributed by atoms with van der Waals surface area (Å²) < 4.78 is 19.3. The Morgan fingerprint density at radius 1 is 1.30 bits per heavy atom. The summed E-state index contributed by atoms with van der Waals surface area (Å²) in [6.07, 6.45) is 0.787. The van der Waals surface area contributed by atoms with E-state index in [-0.39, 0.29) is 17.6 Å². The third kappa shape index (κ3) is 3.88. The molecular weight excluding hydrogens is 365 g/mol. The smallest absolute Gasteiger partial charge is 0.226 e. The van der Waals surface area contributed by atoms with Gasteiger partial charge in [-0.05, 0) is 42.3 Å². The largest absolute Gasteiger partial charge is 0.497 e. The van der Waals surface area contributed by atoms with Gasteiger partial charge in [0.25, 0.3) is 0 Å². The van der Waals surface area contributed by atoms with Gasteiger partial charge in [0.05, 0.1) is 23.2 Å². The lowest BCUT2D eigenvalue weighted by Crippen LogP contribution is -2.54. The highest BCUT2D eigenvalue weighted by Crippen LogP contribution is 2.33. The van der Waals surface area contributed by atoms with Gasteiger partial charge in [0.15, 0.2) is 5.13 Å². The number of fused-ring (bicyclic) bond motifs is 1. The number of aromatic nitrogens is 1. The van der Waals surface area contributed by atoms with Gasteiger partial charge in [-0.1, -0.05) is 23.5 Å². The molecule has 1 aliphatic rings. The number of thiazole rings is 1. The summed E-state index contributed by atoms with van der Waals surface area (Å²) in [5.74, 6) is 0.627. The van der Waals surface area contributed by atoms with E-state index in [2.05, 4.69) is 15.2 Å². The highest BCUT2D eigenvalue weighted by atomic mass is 32.1. The third-order valence-corrected chi connectivity index (χ3v) is 5.81. The van der Waals surface area contributed by atoms with Crippen molar-refractivity contribution < 1.29 is 13.9 Å². The number of nitrogens with one attached hydrogen (secondary N) is 1. The van der Waals surface area contributed by atoms with Gasteiger partial charge in [-0.3, -0.25) is 4.79 Å². The molecule has 0 bridgehead atoms. The normalized spacial score (nSPS) is 14.2. The number of halogens is 1. The lowest BCUT2D eigenvalue weighted by molar-refractivity contribution is -0.125. The second-order valence-corrected chi connectivity index (χ2v) is 7.61. The van der Waals surface area contributed by atoms with Crippen molar-refractivity contribution in [2.45, 2.75) is 6.42 Å². The van der Waals surface area contributed by atoms with Crippen LogP contribution < -0.4 is 15.0 Å². The lowest BCUT2D eigenvalue weighted by Gasteiger charge is -2.37. The van der Waals surface area contributed by atoms with Crippen molar-refractivity contribution in [2.24, 2.45) is 5.92 Å². The van der Waals surface area contributed by atoms with Crippen LogP contribution in [0.2, 0.25) is 0 Å². The maximum atomic E-state index is 13.3. The van der Waals surface area contributed by atoms with Crippen LogP contribution in [-0.2, 0) is 11.2 Å². The summed E-state index contributed by atoms with van der Waals surface area (Å²) in [6, 6.07) is 12.5. The standard InChI is InChI=1S/C20H20FN3O2S/c1-26-16-5-2-13(3-6-16)8-9-22-19(25)14-11-24(12-14)20-23-17-7-4-15(21)10-18(17)27-20/h2-7,10,14H,8-9,11-12H2,1H3,(H,22,25). The zero-order valence-corrected chi connectivity index (χ0v) is 15.8. The van der Waals surface area contributed by atoms with Gasteiger partial charge in [0, 0.05) is 19.6 Å². The van der Waals surface area contributed by atoms with E-state index in [0.717, 1.165) is 33.1 Å². The summed E-state index contributed by atoms with van der Waals surface area (Å²) >= 11 is 1.46. The highest BCUT2D eigenvalue weighted by molar-refractivity contribution is 7.22. The van der Waals surface area contributed by atoms with Crippen LogP contribution in [0.5, 0.6) is 5.75 Å². The summed E-state index contributed by atoms with van der Waals surface area (Å²) in [5, 5.41) is 3.85. The maximum Gasteiger partial charge on any atom is 0.226 e. The molecule has 1 aliphatic heterocycles. The van der Waals surface area contributed by atoms with E-state index in [9.17, 15) is 9.18 Å². The van der Waals surface area contributed by atoms with E-state index in [1.165, 1.54) is 23.5 Å². The van der Waals surface area contributed by atoms with Crippen molar-refractivity contribution in [1.29, 1.82) is 0 Å². The number of amides is 1. The van der Waals surface area contributed by atoms with Crippen LogP contribution in [0, 0.1) is 11.7 Å². The van der Waals surface area contributed by atoms with Crippen LogP contribution >= 0.6 is 11.3 Å². The van der Waals surface area contributed by atoms with Crippen LogP contribution in [0.15, 0.2) is 42.5 Å². The molecule has 4 rings (SSSR count). The number of rotatable bonds is 6. The average molecular weight is 385 g/mol. The third-order valence-electron chi connectivity index (χ3n) is 4.73. The van der Waals surface area contributed by atoms with Gasteiger partial charge in [0.2, 0.25) is 5.91 Å². The van der Waals surface area contributed by atoms with Crippen LogP contribution in [0.3, 0.4) is 0 Å². The van der Waals surface area contributed by atoms with Gasteiger partial charge >= 0.3 is 0 Å². The predicted octanol–water partition coefficient (Wildman–Crippen LogP) is 3.24. The molecule has 3 aromatic rings. The van der Waals surface area contributed by atoms with Gasteiger partial charge in [-0.2, -0.15) is 0 Å². The zero-order valence-electron chi connectivity index (χ0n) is 14.9. The fourth-order valence-corrected chi connectivity index (χ4v) is 4.10. The number of nitrogens with zero attached hydrogens (tertiary/aromatic N) is 2. The van der Waals surface area contributed by atoms with Gasteiger partial charge in [0.1, 0.15) is 11.6 Å². The quantitative estimate of drug-likeness (QED) is 0.708. The van der Waals surface area contributed by atoms with Crippen molar-refractivity contribution >= 4 is 32.6 Å². The predicted molar refractivity (Wildman–Crippen MR) is 105 cm³/mol. The Labute approximate surface area is 160 Å². The van der Waals surface area contributed by atoms with E-state index >= 15 is 0 Å². The minimum Gasteiger partial charge on any atom is -0.497 e. The Kier molecular flexibility index (Phi) is 4.94. The van der Waals surface area contributed by atoms with Crippen LogP contribution in [0.1, 0.15) is 5.56 Å². The lowest BCUT2D eigenvalue weighted by atomic mass is 10.00. The van der Waals surface area contributed by atoms with Crippen LogP contribution in [0.25, 0.3) is 10.2 Å². The monoisotopic (exact) mass is 385 g/mol. The molecule has 0 unspecified atom stereocenters. The Morgan fingerprint density at radius 3 is 2.81 bits per heavy atom. The molecule has 1 saturated heterocycles. The summed E-state index contributed by atoms with van der Waals surface area (Å²) in [6.45, 7) is 1.91. The van der Waals surface area contributed by atoms with E-state index in [4.69, 9.17) is 4.74 Å². The summed E-state index contributed by atoms with van der Waals surface area (Å²) in [7, 11) is 1.64. The number of benzene rings is 2. The van der Waals surface area contributed by atoms with Crippen molar-refractivity contribution in [1.82, 2.24) is 10.3 Å². The number of anilines is 1. The van der Waals surface area contributed by atoms with Crippen LogP contribution in [0.4, 0.5) is 9.52 Å². The maximum absolute atomic E-state index is 13.3. The van der Waals surface area contributed by atoms with E-state index < -0.39 is 0 Å². The summed E-state index contributed by atoms with van der Waals surface area (Å²) in [4.78, 5) is 18.9. The SMILES string of the molecule is COc1ccc(CCNC(=O)C2CN(c3nc4ccc(F)cc4s3)C2)cc1. The molecule has 7 heteroatoms. The molecule has 0 spiro atoms. The summed E-state index contributed by atoms with van der Waals surface area (Å²) in [5.41, 5.74) is 1.96. The number of carbonyl (C=O) groups excluding carboxylic acids is 1. The number of methoxy groups -OCH3 is 1. The molecule has 1 aromatic heterocycles. The van der Waals surface area contributed by atoms with Gasteiger partial charge in [-0.25, -0.2) is 9.37 Å². The topological polar surface area (TPSA) is 54.5 Å². The Bertz CT molecular complexity index is 952. The molecule has 1 fully saturated rings. The van der Waals surface area contributed by atoms with Gasteiger partial charge in [-0.15, -0.1) is 0 Å². The van der Waals surface area contributed by atoms with E-state index in [1.807, 2.05) is 24.3 Å². The molecule has 5 nitrogen and oxygen atoms in total. The van der Waals surface area contributed by atoms with Gasteiger partial charge < -0.3 is 15.0 Å². The number of hydrogen-bond donors (Lipinski definition) is 1. The molecule has 2 aromatic carbocycles. The molecule has 27 heavy (non-hydrogen) atoms. The molecule has 2 heterocycles. The number of hydrogen-bond acceptors (Lipinski definition) is 5. The molecule has 0 radical (unpaired) electrons. The first kappa shape index (κ1) is 17.7. The number of carbonyl (C=O) groups is 1. The highest BCUT2D eigenvalue weighted by Gasteiger charge is 2.34. The average Bonchev–Trinajstić information content (AvgIpc) is 3.03. The first-order valence-electron chi connectivity index (χ1n) is 8.84. The molecule has 140 valence electrons. The molecule has 0 atom stereocenters. The van der Waals surface area contributed by atoms with Crippen molar-refractivity contribution in [3.05, 3.63) is 53.8 Å². The molecular formula is C20H20FN3O2S. The minimum atomic E-state index is -0.254. The second kappa shape index (κ2) is 7.52. The van der Waals surface area contributed by atoms with E-state index in [1.54, 1.807) is 13.2 Å². The van der Waals surface area contributed by atoms with Crippen LogP contribution in [-0.4, -0.2) is 37.6 Å². The fraction of sp³-hybridized carbons (Fsp3) is 0.300. The Hall–Kier alpha value is -2.67. The fourth-order valence-electron chi connectivity index (χ4n) is 3.09. The molecule has 1 amide bonds.